The minimum atomic E-state index is -1.28. The Balaban J connectivity index is 1.57. The number of carbonyl (C=O) groups excluding carboxylic acids is 1. The smallest absolute Gasteiger partial charge is 0.220 e. The van der Waals surface area contributed by atoms with Crippen molar-refractivity contribution < 1.29 is 34.7 Å². The van der Waals surface area contributed by atoms with Crippen LogP contribution in [0.4, 0.5) is 0 Å². The Kier molecular flexibility index (Phi) is 10.4. The van der Waals surface area contributed by atoms with E-state index in [1.165, 1.54) is 11.8 Å². The van der Waals surface area contributed by atoms with Gasteiger partial charge in [0.2, 0.25) is 5.91 Å². The number of aryl methyl sites for hydroxylation is 1. The van der Waals surface area contributed by atoms with Crippen LogP contribution < -0.4 is 10.1 Å². The molecule has 0 aromatic heterocycles. The van der Waals surface area contributed by atoms with Gasteiger partial charge in [-0.1, -0.05) is 30.3 Å². The predicted octanol–water partition coefficient (Wildman–Crippen LogP) is 2.48. The molecule has 1 fully saturated rings. The zero-order chi connectivity index (χ0) is 27.2. The van der Waals surface area contributed by atoms with Crippen LogP contribution in [0.15, 0.2) is 42.5 Å². The summed E-state index contributed by atoms with van der Waals surface area (Å²) in [5, 5.41) is 43.0. The normalized spacial score (nSPS) is 24.1. The lowest BCUT2D eigenvalue weighted by atomic mass is 9.91. The highest BCUT2D eigenvalue weighted by Crippen LogP contribution is 2.36. The van der Waals surface area contributed by atoms with E-state index in [9.17, 15) is 25.2 Å². The molecule has 2 aromatic carbocycles. The SMILES string of the molecule is CS[C@H]1O[C@@H](c2ccc(C)c(Cc3ccc(OCCCC(=O)NC(C)(C)CO)cc3)c2)[C@H](O)[C@@H](O)[C@@H]1O. The Hall–Kier alpha value is -2.14. The maximum atomic E-state index is 12.0. The maximum absolute atomic E-state index is 12.0. The van der Waals surface area contributed by atoms with E-state index in [1.807, 2.05) is 49.4 Å². The van der Waals surface area contributed by atoms with Crippen molar-refractivity contribution in [2.45, 2.75) is 75.4 Å². The Morgan fingerprint density at radius 2 is 1.78 bits per heavy atom. The quantitative estimate of drug-likeness (QED) is 0.279. The molecule has 1 heterocycles. The van der Waals surface area contributed by atoms with Gasteiger partial charge in [0.1, 0.15) is 35.6 Å². The maximum Gasteiger partial charge on any atom is 0.220 e. The summed E-state index contributed by atoms with van der Waals surface area (Å²) in [6, 6.07) is 13.6. The molecule has 37 heavy (non-hydrogen) atoms. The molecule has 5 N–H and O–H groups in total. The zero-order valence-electron chi connectivity index (χ0n) is 21.9. The number of ether oxygens (including phenoxy) is 2. The average molecular weight is 534 g/mol. The molecule has 204 valence electrons. The minimum absolute atomic E-state index is 0.114. The number of carbonyl (C=O) groups is 1. The summed E-state index contributed by atoms with van der Waals surface area (Å²) in [6.07, 6.45) is -1.04. The highest BCUT2D eigenvalue weighted by atomic mass is 32.2. The summed E-state index contributed by atoms with van der Waals surface area (Å²) in [4.78, 5) is 12.0. The molecule has 0 unspecified atom stereocenters. The highest BCUT2D eigenvalue weighted by molar-refractivity contribution is 7.99. The van der Waals surface area contributed by atoms with Crippen LogP contribution >= 0.6 is 11.8 Å². The lowest BCUT2D eigenvalue weighted by Crippen LogP contribution is -2.52. The van der Waals surface area contributed by atoms with E-state index in [2.05, 4.69) is 5.32 Å². The Morgan fingerprint density at radius 1 is 1.08 bits per heavy atom. The summed E-state index contributed by atoms with van der Waals surface area (Å²) >= 11 is 1.30. The van der Waals surface area contributed by atoms with Gasteiger partial charge in [-0.05, 0) is 74.3 Å². The summed E-state index contributed by atoms with van der Waals surface area (Å²) in [5.41, 5.74) is 2.75. The number of benzene rings is 2. The van der Waals surface area contributed by atoms with E-state index in [0.29, 0.717) is 25.9 Å². The van der Waals surface area contributed by atoms with Gasteiger partial charge in [0.25, 0.3) is 0 Å². The van der Waals surface area contributed by atoms with Gasteiger partial charge in [-0.3, -0.25) is 4.79 Å². The van der Waals surface area contributed by atoms with Crippen molar-refractivity contribution in [3.05, 3.63) is 64.7 Å². The van der Waals surface area contributed by atoms with Gasteiger partial charge in [0.05, 0.1) is 18.8 Å². The second-order valence-electron chi connectivity index (χ2n) is 10.2. The molecule has 3 rings (SSSR count). The topological polar surface area (TPSA) is 128 Å². The molecule has 0 bridgehead atoms. The molecule has 9 heteroatoms. The molecular weight excluding hydrogens is 494 g/mol. The molecular formula is C28H39NO7S. The molecule has 1 aliphatic rings. The first kappa shape index (κ1) is 29.4. The fourth-order valence-electron chi connectivity index (χ4n) is 4.20. The number of aliphatic hydroxyl groups is 4. The Morgan fingerprint density at radius 3 is 2.43 bits per heavy atom. The molecule has 0 radical (unpaired) electrons. The molecule has 5 atom stereocenters. The van der Waals surface area contributed by atoms with Crippen molar-refractivity contribution in [2.24, 2.45) is 0 Å². The summed E-state index contributed by atoms with van der Waals surface area (Å²) < 4.78 is 11.7. The van der Waals surface area contributed by atoms with Gasteiger partial charge in [0.15, 0.2) is 0 Å². The minimum Gasteiger partial charge on any atom is -0.494 e. The summed E-state index contributed by atoms with van der Waals surface area (Å²) in [5.74, 6) is 0.608. The van der Waals surface area contributed by atoms with Crippen LogP contribution in [0.1, 0.15) is 55.0 Å². The van der Waals surface area contributed by atoms with Crippen LogP contribution in [0.3, 0.4) is 0 Å². The van der Waals surface area contributed by atoms with E-state index in [0.717, 1.165) is 28.0 Å². The van der Waals surface area contributed by atoms with Gasteiger partial charge < -0.3 is 35.2 Å². The number of hydrogen-bond donors (Lipinski definition) is 5. The van der Waals surface area contributed by atoms with Crippen LogP contribution in [0.25, 0.3) is 0 Å². The number of nitrogens with one attached hydrogen (secondary N) is 1. The van der Waals surface area contributed by atoms with E-state index >= 15 is 0 Å². The summed E-state index contributed by atoms with van der Waals surface area (Å²) in [7, 11) is 0. The average Bonchev–Trinajstić information content (AvgIpc) is 2.87. The molecule has 0 saturated carbocycles. The molecule has 1 aliphatic heterocycles. The highest BCUT2D eigenvalue weighted by Gasteiger charge is 2.44. The lowest BCUT2D eigenvalue weighted by Gasteiger charge is -2.40. The van der Waals surface area contributed by atoms with E-state index in [-0.39, 0.29) is 12.5 Å². The van der Waals surface area contributed by atoms with Crippen molar-refractivity contribution in [1.82, 2.24) is 5.32 Å². The van der Waals surface area contributed by atoms with Crippen LogP contribution in [0.5, 0.6) is 5.75 Å². The molecule has 1 saturated heterocycles. The van der Waals surface area contributed by atoms with Gasteiger partial charge >= 0.3 is 0 Å². The molecule has 0 aliphatic carbocycles. The number of rotatable bonds is 11. The zero-order valence-corrected chi connectivity index (χ0v) is 22.7. The number of thioether (sulfide) groups is 1. The largest absolute Gasteiger partial charge is 0.494 e. The fourth-order valence-corrected chi connectivity index (χ4v) is 4.87. The van der Waals surface area contributed by atoms with E-state index in [1.54, 1.807) is 20.1 Å². The molecule has 1 amide bonds. The van der Waals surface area contributed by atoms with Crippen LogP contribution in [-0.2, 0) is 16.0 Å². The first-order chi connectivity index (χ1) is 17.5. The Labute approximate surface area is 223 Å². The van der Waals surface area contributed by atoms with Crippen LogP contribution in [0, 0.1) is 6.92 Å². The van der Waals surface area contributed by atoms with Crippen molar-refractivity contribution >= 4 is 17.7 Å². The monoisotopic (exact) mass is 533 g/mol. The number of aliphatic hydroxyl groups excluding tert-OH is 4. The van der Waals surface area contributed by atoms with Crippen molar-refractivity contribution in [3.63, 3.8) is 0 Å². The second kappa shape index (κ2) is 13.1. The predicted molar refractivity (Wildman–Crippen MR) is 144 cm³/mol. The van der Waals surface area contributed by atoms with Gasteiger partial charge in [0, 0.05) is 6.42 Å². The first-order valence-electron chi connectivity index (χ1n) is 12.5. The molecule has 0 spiro atoms. The molecule has 8 nitrogen and oxygen atoms in total. The third-order valence-corrected chi connectivity index (χ3v) is 7.37. The van der Waals surface area contributed by atoms with Gasteiger partial charge in [-0.15, -0.1) is 11.8 Å². The van der Waals surface area contributed by atoms with Gasteiger partial charge in [-0.2, -0.15) is 0 Å². The third kappa shape index (κ3) is 7.92. The lowest BCUT2D eigenvalue weighted by molar-refractivity contribution is -0.200. The summed E-state index contributed by atoms with van der Waals surface area (Å²) in [6.45, 7) is 5.85. The Bertz CT molecular complexity index is 1030. The number of hydrogen-bond acceptors (Lipinski definition) is 8. The van der Waals surface area contributed by atoms with Gasteiger partial charge in [-0.25, -0.2) is 0 Å². The van der Waals surface area contributed by atoms with Crippen molar-refractivity contribution in [1.29, 1.82) is 0 Å². The standard InChI is InChI=1S/C28H39NO7S/c1-17-7-10-19(26-24(33)23(32)25(34)27(36-26)37-4)15-20(17)14-18-8-11-21(12-9-18)35-13-5-6-22(31)29-28(2,3)16-30/h7-12,15,23-27,30,32-34H,5-6,13-14,16H2,1-4H3,(H,29,31)/t23-,24-,25+,26+,27-/m1/s1. The second-order valence-corrected chi connectivity index (χ2v) is 11.1. The van der Waals surface area contributed by atoms with Crippen LogP contribution in [-0.4, -0.2) is 75.1 Å². The fraction of sp³-hybridized carbons (Fsp3) is 0.536. The van der Waals surface area contributed by atoms with E-state index < -0.39 is 35.4 Å². The van der Waals surface area contributed by atoms with E-state index in [4.69, 9.17) is 9.47 Å². The third-order valence-electron chi connectivity index (χ3n) is 6.51. The van der Waals surface area contributed by atoms with Crippen molar-refractivity contribution in [2.75, 3.05) is 19.5 Å². The number of amides is 1. The van der Waals surface area contributed by atoms with Crippen LogP contribution in [0.2, 0.25) is 0 Å². The molecule has 2 aromatic rings. The first-order valence-corrected chi connectivity index (χ1v) is 13.8. The van der Waals surface area contributed by atoms with Crippen molar-refractivity contribution in [3.8, 4) is 5.75 Å².